The number of methoxy groups -OCH3 is 1. The topological polar surface area (TPSA) is 39.2 Å². The maximum absolute atomic E-state index is 13.9. The molecule has 0 unspecified atom stereocenters. The van der Waals surface area contributed by atoms with Gasteiger partial charge < -0.3 is 4.74 Å². The largest absolute Gasteiger partial charge is 0.494 e. The Morgan fingerprint density at radius 2 is 2.21 bits per heavy atom. The van der Waals surface area contributed by atoms with Gasteiger partial charge in [-0.25, -0.2) is 4.39 Å². The Bertz CT molecular complexity index is 616. The standard InChI is InChI=1S/C14H11ClFNO2/c1-19-13-4-2-3-9(14(13)16)7-12(18)10-5-6-17-8-11(10)15/h2-6,8H,7H2,1H3. The van der Waals surface area contributed by atoms with Crippen LogP contribution in [0.2, 0.25) is 5.02 Å². The van der Waals surface area contributed by atoms with Crippen molar-refractivity contribution in [3.63, 3.8) is 0 Å². The van der Waals surface area contributed by atoms with Crippen LogP contribution in [0.1, 0.15) is 15.9 Å². The molecule has 0 saturated carbocycles. The van der Waals surface area contributed by atoms with Crippen molar-refractivity contribution < 1.29 is 13.9 Å². The molecule has 0 aliphatic heterocycles. The first kappa shape index (κ1) is 13.5. The van der Waals surface area contributed by atoms with Gasteiger partial charge >= 0.3 is 0 Å². The predicted molar refractivity (Wildman–Crippen MR) is 70.2 cm³/mol. The Labute approximate surface area is 115 Å². The lowest BCUT2D eigenvalue weighted by atomic mass is 10.0. The average Bonchev–Trinajstić information content (AvgIpc) is 2.41. The molecular formula is C14H11ClFNO2. The lowest BCUT2D eigenvalue weighted by Gasteiger charge is -2.07. The van der Waals surface area contributed by atoms with Gasteiger partial charge in [-0.2, -0.15) is 0 Å². The van der Waals surface area contributed by atoms with Gasteiger partial charge in [0.05, 0.1) is 12.1 Å². The number of hydrogen-bond donors (Lipinski definition) is 0. The highest BCUT2D eigenvalue weighted by Crippen LogP contribution is 2.22. The first-order valence-electron chi connectivity index (χ1n) is 5.57. The van der Waals surface area contributed by atoms with Crippen molar-refractivity contribution in [2.24, 2.45) is 0 Å². The molecule has 5 heteroatoms. The molecule has 0 aliphatic carbocycles. The fourth-order valence-corrected chi connectivity index (χ4v) is 1.94. The van der Waals surface area contributed by atoms with E-state index in [1.807, 2.05) is 0 Å². The van der Waals surface area contributed by atoms with E-state index in [1.165, 1.54) is 31.6 Å². The van der Waals surface area contributed by atoms with E-state index in [9.17, 15) is 9.18 Å². The van der Waals surface area contributed by atoms with Crippen molar-refractivity contribution in [1.82, 2.24) is 4.98 Å². The molecule has 0 saturated heterocycles. The van der Waals surface area contributed by atoms with Crippen molar-refractivity contribution in [3.8, 4) is 5.75 Å². The lowest BCUT2D eigenvalue weighted by molar-refractivity contribution is 0.0992. The number of nitrogens with zero attached hydrogens (tertiary/aromatic N) is 1. The summed E-state index contributed by atoms with van der Waals surface area (Å²) < 4.78 is 18.8. The van der Waals surface area contributed by atoms with Gasteiger partial charge in [-0.05, 0) is 17.7 Å². The molecule has 0 spiro atoms. The number of pyridine rings is 1. The Morgan fingerprint density at radius 1 is 1.42 bits per heavy atom. The number of aromatic nitrogens is 1. The summed E-state index contributed by atoms with van der Waals surface area (Å²) in [5.74, 6) is -0.672. The van der Waals surface area contributed by atoms with E-state index < -0.39 is 5.82 Å². The maximum Gasteiger partial charge on any atom is 0.168 e. The molecule has 2 rings (SSSR count). The molecule has 0 aliphatic rings. The van der Waals surface area contributed by atoms with Crippen LogP contribution in [0.4, 0.5) is 4.39 Å². The minimum absolute atomic E-state index is 0.0766. The van der Waals surface area contributed by atoms with Crippen molar-refractivity contribution in [2.45, 2.75) is 6.42 Å². The van der Waals surface area contributed by atoms with Crippen molar-refractivity contribution in [2.75, 3.05) is 7.11 Å². The van der Waals surface area contributed by atoms with Gasteiger partial charge in [-0.3, -0.25) is 9.78 Å². The van der Waals surface area contributed by atoms with Gasteiger partial charge in [0.15, 0.2) is 17.3 Å². The van der Waals surface area contributed by atoms with E-state index in [0.717, 1.165) is 0 Å². The van der Waals surface area contributed by atoms with E-state index >= 15 is 0 Å². The first-order valence-corrected chi connectivity index (χ1v) is 5.95. The molecule has 2 aromatic rings. The maximum atomic E-state index is 13.9. The molecule has 0 radical (unpaired) electrons. The number of ketones is 1. The van der Waals surface area contributed by atoms with Crippen LogP contribution in [0.25, 0.3) is 0 Å². The second kappa shape index (κ2) is 5.80. The molecule has 0 N–H and O–H groups in total. The SMILES string of the molecule is COc1cccc(CC(=O)c2ccncc2Cl)c1F. The van der Waals surface area contributed by atoms with Crippen LogP contribution in [0.15, 0.2) is 36.7 Å². The normalized spacial score (nSPS) is 10.3. The van der Waals surface area contributed by atoms with Gasteiger partial charge in [0.2, 0.25) is 0 Å². The number of Topliss-reactive ketones (excluding diaryl/α,β-unsaturated/α-hetero) is 1. The minimum Gasteiger partial charge on any atom is -0.494 e. The number of hydrogen-bond acceptors (Lipinski definition) is 3. The number of benzene rings is 1. The summed E-state index contributed by atoms with van der Waals surface area (Å²) >= 11 is 5.88. The van der Waals surface area contributed by atoms with Crippen LogP contribution < -0.4 is 4.74 Å². The Morgan fingerprint density at radius 3 is 2.89 bits per heavy atom. The summed E-state index contributed by atoms with van der Waals surface area (Å²) in [4.78, 5) is 15.9. The van der Waals surface area contributed by atoms with Crippen molar-refractivity contribution >= 4 is 17.4 Å². The van der Waals surface area contributed by atoms with Crippen molar-refractivity contribution in [3.05, 3.63) is 58.6 Å². The number of rotatable bonds is 4. The van der Waals surface area contributed by atoms with Gasteiger partial charge in [0, 0.05) is 24.4 Å². The second-order valence-corrected chi connectivity index (χ2v) is 4.30. The van der Waals surface area contributed by atoms with Gasteiger partial charge in [0.25, 0.3) is 0 Å². The lowest BCUT2D eigenvalue weighted by Crippen LogP contribution is -2.06. The number of carbonyl (C=O) groups excluding carboxylic acids is 1. The van der Waals surface area contributed by atoms with Crippen LogP contribution in [-0.4, -0.2) is 17.9 Å². The number of carbonyl (C=O) groups is 1. The zero-order valence-corrected chi connectivity index (χ0v) is 10.9. The van der Waals surface area contributed by atoms with Crippen LogP contribution in [0.3, 0.4) is 0 Å². The third-order valence-corrected chi connectivity index (χ3v) is 2.99. The van der Waals surface area contributed by atoms with Gasteiger partial charge in [-0.15, -0.1) is 0 Å². The Balaban J connectivity index is 2.27. The van der Waals surface area contributed by atoms with E-state index in [0.29, 0.717) is 5.56 Å². The predicted octanol–water partition coefficient (Wildman–Crippen LogP) is 3.31. The molecule has 0 fully saturated rings. The second-order valence-electron chi connectivity index (χ2n) is 3.89. The summed E-state index contributed by atoms with van der Waals surface area (Å²) in [6.07, 6.45) is 2.78. The minimum atomic E-state index is -0.525. The monoisotopic (exact) mass is 279 g/mol. The van der Waals surface area contributed by atoms with E-state index in [1.54, 1.807) is 12.1 Å². The third-order valence-electron chi connectivity index (χ3n) is 2.69. The summed E-state index contributed by atoms with van der Waals surface area (Å²) in [6.45, 7) is 0. The van der Waals surface area contributed by atoms with Crippen LogP contribution >= 0.6 is 11.6 Å². The summed E-state index contributed by atoms with van der Waals surface area (Å²) in [5.41, 5.74) is 0.608. The fourth-order valence-electron chi connectivity index (χ4n) is 1.72. The van der Waals surface area contributed by atoms with Gasteiger partial charge in [0.1, 0.15) is 0 Å². The number of ether oxygens (including phenoxy) is 1. The fraction of sp³-hybridized carbons (Fsp3) is 0.143. The van der Waals surface area contributed by atoms with Crippen LogP contribution in [0.5, 0.6) is 5.75 Å². The van der Waals surface area contributed by atoms with Crippen molar-refractivity contribution in [1.29, 1.82) is 0 Å². The quantitative estimate of drug-likeness (QED) is 0.806. The molecule has 19 heavy (non-hydrogen) atoms. The zero-order valence-electron chi connectivity index (χ0n) is 10.2. The molecule has 98 valence electrons. The van der Waals surface area contributed by atoms with E-state index in [2.05, 4.69) is 4.98 Å². The molecule has 1 aromatic carbocycles. The first-order chi connectivity index (χ1) is 9.13. The smallest absolute Gasteiger partial charge is 0.168 e. The van der Waals surface area contributed by atoms with Crippen LogP contribution in [-0.2, 0) is 6.42 Å². The van der Waals surface area contributed by atoms with Crippen LogP contribution in [0, 0.1) is 5.82 Å². The molecule has 0 bridgehead atoms. The highest BCUT2D eigenvalue weighted by atomic mass is 35.5. The zero-order chi connectivity index (χ0) is 13.8. The Kier molecular flexibility index (Phi) is 4.12. The number of halogens is 2. The van der Waals surface area contributed by atoms with E-state index in [-0.39, 0.29) is 28.5 Å². The molecule has 1 aromatic heterocycles. The third kappa shape index (κ3) is 2.90. The highest BCUT2D eigenvalue weighted by molar-refractivity contribution is 6.33. The summed E-state index contributed by atoms with van der Waals surface area (Å²) in [6, 6.07) is 6.20. The highest BCUT2D eigenvalue weighted by Gasteiger charge is 2.15. The Hall–Kier alpha value is -1.94. The van der Waals surface area contributed by atoms with Gasteiger partial charge in [-0.1, -0.05) is 23.7 Å². The molecule has 0 amide bonds. The summed E-state index contributed by atoms with van der Waals surface area (Å²) in [7, 11) is 1.38. The molecule has 0 atom stereocenters. The molecule has 3 nitrogen and oxygen atoms in total. The molecule has 1 heterocycles. The van der Waals surface area contributed by atoms with E-state index in [4.69, 9.17) is 16.3 Å². The molecular weight excluding hydrogens is 269 g/mol. The average molecular weight is 280 g/mol. The summed E-state index contributed by atoms with van der Waals surface area (Å²) in [5, 5.41) is 0.260.